The maximum atomic E-state index is 13.4. The molecule has 0 bridgehead atoms. The highest BCUT2D eigenvalue weighted by Crippen LogP contribution is 2.35. The first-order chi connectivity index (χ1) is 13.0. The van der Waals surface area contributed by atoms with Crippen LogP contribution in [0.15, 0.2) is 60.8 Å². The van der Waals surface area contributed by atoms with E-state index in [9.17, 15) is 14.0 Å². The second kappa shape index (κ2) is 6.68. The fourth-order valence-corrected chi connectivity index (χ4v) is 3.41. The Morgan fingerprint density at radius 1 is 1.11 bits per heavy atom. The van der Waals surface area contributed by atoms with Crippen LogP contribution in [0.2, 0.25) is 0 Å². The summed E-state index contributed by atoms with van der Waals surface area (Å²) in [5.41, 5.74) is 7.69. The van der Waals surface area contributed by atoms with Crippen LogP contribution >= 0.6 is 0 Å². The lowest BCUT2D eigenvalue weighted by atomic mass is 9.89. The van der Waals surface area contributed by atoms with Crippen molar-refractivity contribution in [3.8, 4) is 5.69 Å². The predicted octanol–water partition coefficient (Wildman–Crippen LogP) is 2.63. The number of hydrogen-bond donors (Lipinski definition) is 1. The second-order valence-electron chi connectivity index (χ2n) is 6.38. The number of primary amides is 1. The summed E-state index contributed by atoms with van der Waals surface area (Å²) in [5.74, 6) is -1.46. The van der Waals surface area contributed by atoms with Gasteiger partial charge in [-0.1, -0.05) is 24.3 Å². The highest BCUT2D eigenvalue weighted by molar-refractivity contribution is 6.06. The fourth-order valence-electron chi connectivity index (χ4n) is 3.41. The van der Waals surface area contributed by atoms with Gasteiger partial charge in [-0.3, -0.25) is 9.59 Å². The predicted molar refractivity (Wildman–Crippen MR) is 98.2 cm³/mol. The van der Waals surface area contributed by atoms with Gasteiger partial charge >= 0.3 is 0 Å². The van der Waals surface area contributed by atoms with Crippen LogP contribution in [0.3, 0.4) is 0 Å². The van der Waals surface area contributed by atoms with Crippen LogP contribution in [0.5, 0.6) is 0 Å². The maximum Gasteiger partial charge on any atom is 0.278 e. The molecule has 27 heavy (non-hydrogen) atoms. The standard InChI is InChI=1S/C20H17FN4O2/c21-13-4-3-5-14(12-13)25-11-9-17(23-25)20(27)24-10-8-16(19(22)26)15-6-1-2-7-18(15)24/h1-7,9,11-12,16H,8,10H2,(H2,22,26)/t16-/m1/s1. The van der Waals surface area contributed by atoms with Crippen LogP contribution < -0.4 is 10.6 Å². The van der Waals surface area contributed by atoms with Gasteiger partial charge in [-0.2, -0.15) is 5.10 Å². The molecule has 1 aromatic heterocycles. The third-order valence-corrected chi connectivity index (χ3v) is 4.71. The third kappa shape index (κ3) is 3.08. The minimum absolute atomic E-state index is 0.242. The van der Waals surface area contributed by atoms with Crippen molar-refractivity contribution in [1.82, 2.24) is 9.78 Å². The van der Waals surface area contributed by atoms with Gasteiger partial charge in [0, 0.05) is 18.4 Å². The van der Waals surface area contributed by atoms with E-state index in [1.54, 1.807) is 35.4 Å². The van der Waals surface area contributed by atoms with Gasteiger partial charge < -0.3 is 10.6 Å². The van der Waals surface area contributed by atoms with Gasteiger partial charge in [-0.25, -0.2) is 9.07 Å². The fraction of sp³-hybridized carbons (Fsp3) is 0.150. The van der Waals surface area contributed by atoms with E-state index in [2.05, 4.69) is 5.10 Å². The zero-order chi connectivity index (χ0) is 19.0. The summed E-state index contributed by atoms with van der Waals surface area (Å²) in [6, 6.07) is 14.8. The molecule has 0 unspecified atom stereocenters. The molecule has 7 heteroatoms. The number of carbonyl (C=O) groups excluding carboxylic acids is 2. The Morgan fingerprint density at radius 2 is 1.93 bits per heavy atom. The van der Waals surface area contributed by atoms with Gasteiger partial charge in [0.05, 0.1) is 11.6 Å². The van der Waals surface area contributed by atoms with Crippen LogP contribution in [0.25, 0.3) is 5.69 Å². The Hall–Kier alpha value is -3.48. The number of para-hydroxylation sites is 1. The number of hydrogen-bond acceptors (Lipinski definition) is 3. The second-order valence-corrected chi connectivity index (χ2v) is 6.38. The van der Waals surface area contributed by atoms with E-state index in [1.165, 1.54) is 16.8 Å². The van der Waals surface area contributed by atoms with E-state index in [-0.39, 0.29) is 17.4 Å². The SMILES string of the molecule is NC(=O)[C@@H]1CCN(C(=O)c2ccn(-c3cccc(F)c3)n2)c2ccccc21. The molecule has 0 saturated heterocycles. The molecule has 1 atom stereocenters. The number of anilines is 1. The third-order valence-electron chi connectivity index (χ3n) is 4.71. The normalized spacial score (nSPS) is 16.0. The minimum Gasteiger partial charge on any atom is -0.369 e. The first-order valence-electron chi connectivity index (χ1n) is 8.56. The summed E-state index contributed by atoms with van der Waals surface area (Å²) in [5, 5.41) is 4.29. The Balaban J connectivity index is 1.66. The Labute approximate surface area is 155 Å². The zero-order valence-corrected chi connectivity index (χ0v) is 14.4. The quantitative estimate of drug-likeness (QED) is 0.776. The zero-order valence-electron chi connectivity index (χ0n) is 14.4. The van der Waals surface area contributed by atoms with Crippen molar-refractivity contribution >= 4 is 17.5 Å². The maximum absolute atomic E-state index is 13.4. The molecule has 2 aromatic carbocycles. The molecular weight excluding hydrogens is 347 g/mol. The topological polar surface area (TPSA) is 81.2 Å². The van der Waals surface area contributed by atoms with Crippen LogP contribution in [0, 0.1) is 5.82 Å². The number of halogens is 1. The molecule has 6 nitrogen and oxygen atoms in total. The van der Waals surface area contributed by atoms with Crippen molar-refractivity contribution in [2.45, 2.75) is 12.3 Å². The summed E-state index contributed by atoms with van der Waals surface area (Å²) in [4.78, 5) is 26.3. The van der Waals surface area contributed by atoms with Crippen LogP contribution in [-0.2, 0) is 4.79 Å². The number of aromatic nitrogens is 2. The average Bonchev–Trinajstić information content (AvgIpc) is 3.16. The molecule has 136 valence electrons. The number of fused-ring (bicyclic) bond motifs is 1. The molecule has 2 amide bonds. The first-order valence-corrected chi connectivity index (χ1v) is 8.56. The molecule has 3 aromatic rings. The minimum atomic E-state index is -0.407. The van der Waals surface area contributed by atoms with E-state index in [4.69, 9.17) is 5.73 Å². The highest BCUT2D eigenvalue weighted by Gasteiger charge is 2.32. The summed E-state index contributed by atoms with van der Waals surface area (Å²) in [6.07, 6.45) is 2.08. The first kappa shape index (κ1) is 17.0. The van der Waals surface area contributed by atoms with Gasteiger partial charge in [0.25, 0.3) is 5.91 Å². The number of benzene rings is 2. The number of amides is 2. The summed E-state index contributed by atoms with van der Waals surface area (Å²) < 4.78 is 14.9. The lowest BCUT2D eigenvalue weighted by Gasteiger charge is -2.32. The monoisotopic (exact) mass is 364 g/mol. The van der Waals surface area contributed by atoms with Crippen molar-refractivity contribution in [3.63, 3.8) is 0 Å². The van der Waals surface area contributed by atoms with Crippen LogP contribution in [0.1, 0.15) is 28.4 Å². The highest BCUT2D eigenvalue weighted by atomic mass is 19.1. The lowest BCUT2D eigenvalue weighted by molar-refractivity contribution is -0.119. The number of rotatable bonds is 3. The largest absolute Gasteiger partial charge is 0.369 e. The van der Waals surface area contributed by atoms with E-state index >= 15 is 0 Å². The van der Waals surface area contributed by atoms with E-state index in [1.807, 2.05) is 18.2 Å². The van der Waals surface area contributed by atoms with Gasteiger partial charge in [-0.05, 0) is 42.3 Å². The Bertz CT molecular complexity index is 1030. The van der Waals surface area contributed by atoms with Crippen molar-refractivity contribution < 1.29 is 14.0 Å². The number of carbonyl (C=O) groups is 2. The van der Waals surface area contributed by atoms with Crippen molar-refractivity contribution in [2.24, 2.45) is 5.73 Å². The van der Waals surface area contributed by atoms with Crippen molar-refractivity contribution in [2.75, 3.05) is 11.4 Å². The molecule has 0 saturated carbocycles. The molecule has 0 fully saturated rings. The van der Waals surface area contributed by atoms with Gasteiger partial charge in [-0.15, -0.1) is 0 Å². The van der Waals surface area contributed by atoms with E-state index < -0.39 is 11.8 Å². The number of nitrogens with zero attached hydrogens (tertiary/aromatic N) is 3. The van der Waals surface area contributed by atoms with Crippen molar-refractivity contribution in [1.29, 1.82) is 0 Å². The molecule has 4 rings (SSSR count). The lowest BCUT2D eigenvalue weighted by Crippen LogP contribution is -2.39. The molecule has 1 aliphatic heterocycles. The summed E-state index contributed by atoms with van der Waals surface area (Å²) >= 11 is 0. The molecule has 2 heterocycles. The van der Waals surface area contributed by atoms with Gasteiger partial charge in [0.2, 0.25) is 5.91 Å². The van der Waals surface area contributed by atoms with Crippen molar-refractivity contribution in [3.05, 3.63) is 77.9 Å². The summed E-state index contributed by atoms with van der Waals surface area (Å²) in [6.45, 7) is 0.371. The Morgan fingerprint density at radius 3 is 2.70 bits per heavy atom. The van der Waals surface area contributed by atoms with E-state index in [0.29, 0.717) is 24.3 Å². The van der Waals surface area contributed by atoms with Crippen LogP contribution in [-0.4, -0.2) is 28.1 Å². The smallest absolute Gasteiger partial charge is 0.278 e. The van der Waals surface area contributed by atoms with Crippen LogP contribution in [0.4, 0.5) is 10.1 Å². The average molecular weight is 364 g/mol. The molecule has 0 aliphatic carbocycles. The molecule has 2 N–H and O–H groups in total. The Kier molecular flexibility index (Phi) is 4.19. The molecule has 0 radical (unpaired) electrons. The van der Waals surface area contributed by atoms with Gasteiger partial charge in [0.15, 0.2) is 5.69 Å². The molecular formula is C20H17FN4O2. The molecule has 1 aliphatic rings. The number of nitrogens with two attached hydrogens (primary N) is 1. The van der Waals surface area contributed by atoms with Gasteiger partial charge in [0.1, 0.15) is 5.82 Å². The molecule has 0 spiro atoms. The summed E-state index contributed by atoms with van der Waals surface area (Å²) in [7, 11) is 0. The van der Waals surface area contributed by atoms with E-state index in [0.717, 1.165) is 5.56 Å².